The van der Waals surface area contributed by atoms with Crippen LogP contribution in [0.5, 0.6) is 11.5 Å². The fourth-order valence-corrected chi connectivity index (χ4v) is 3.39. The monoisotopic (exact) mass is 326 g/mol. The minimum absolute atomic E-state index is 0.264. The lowest BCUT2D eigenvalue weighted by molar-refractivity contribution is 0.455. The molecular weight excluding hydrogens is 304 g/mol. The summed E-state index contributed by atoms with van der Waals surface area (Å²) in [5.41, 5.74) is 3.68. The van der Waals surface area contributed by atoms with Crippen LogP contribution in [0, 0.1) is 13.8 Å². The summed E-state index contributed by atoms with van der Waals surface area (Å²) in [4.78, 5) is 1.48. The molecule has 0 aliphatic heterocycles. The molecule has 0 aromatic heterocycles. The molecule has 23 heavy (non-hydrogen) atoms. The number of rotatable bonds is 4. The first-order valence-corrected chi connectivity index (χ1v) is 8.39. The van der Waals surface area contributed by atoms with E-state index in [1.165, 1.54) is 11.8 Å². The third-order valence-corrected chi connectivity index (χ3v) is 4.88. The predicted molar refractivity (Wildman–Crippen MR) is 99.2 cm³/mol. The Morgan fingerprint density at radius 2 is 1.13 bits per heavy atom. The number of phenols is 2. The molecule has 2 aromatic rings. The minimum atomic E-state index is 0.264. The molecule has 0 bridgehead atoms. The standard InChI is InChI=1S/C20H22O2S/c1-5-7-15-9-11-17(19(21)13(15)3)23-18-12-10-16(8-6-2)14(4)20(18)22/h5-12,21-22H,1-4H3. The zero-order chi connectivity index (χ0) is 17.0. The first kappa shape index (κ1) is 17.2. The van der Waals surface area contributed by atoms with Crippen LogP contribution in [0.4, 0.5) is 0 Å². The third-order valence-electron chi connectivity index (χ3n) is 3.78. The fourth-order valence-electron chi connectivity index (χ4n) is 2.39. The average molecular weight is 326 g/mol. The van der Waals surface area contributed by atoms with Crippen molar-refractivity contribution in [2.24, 2.45) is 0 Å². The van der Waals surface area contributed by atoms with Gasteiger partial charge < -0.3 is 10.2 Å². The van der Waals surface area contributed by atoms with E-state index in [1.807, 2.05) is 76.3 Å². The second-order valence-electron chi connectivity index (χ2n) is 5.36. The summed E-state index contributed by atoms with van der Waals surface area (Å²) in [6.07, 6.45) is 7.83. The molecule has 0 aliphatic rings. The first-order chi connectivity index (χ1) is 11.0. The lowest BCUT2D eigenvalue weighted by Crippen LogP contribution is -1.87. The first-order valence-electron chi connectivity index (χ1n) is 7.58. The molecule has 2 aromatic carbocycles. The van der Waals surface area contributed by atoms with Crippen LogP contribution in [0.3, 0.4) is 0 Å². The lowest BCUT2D eigenvalue weighted by atomic mass is 10.1. The maximum Gasteiger partial charge on any atom is 0.132 e. The average Bonchev–Trinajstić information content (AvgIpc) is 2.54. The molecule has 0 radical (unpaired) electrons. The Kier molecular flexibility index (Phi) is 5.56. The Morgan fingerprint density at radius 3 is 1.48 bits per heavy atom. The second-order valence-corrected chi connectivity index (χ2v) is 6.44. The molecule has 3 heteroatoms. The van der Waals surface area contributed by atoms with Crippen molar-refractivity contribution in [2.45, 2.75) is 37.5 Å². The Labute approximate surface area is 142 Å². The highest BCUT2D eigenvalue weighted by Gasteiger charge is 2.13. The minimum Gasteiger partial charge on any atom is -0.506 e. The second kappa shape index (κ2) is 7.42. The van der Waals surface area contributed by atoms with Gasteiger partial charge in [0.15, 0.2) is 0 Å². The van der Waals surface area contributed by atoms with E-state index < -0.39 is 0 Å². The highest BCUT2D eigenvalue weighted by molar-refractivity contribution is 7.99. The molecule has 0 amide bonds. The van der Waals surface area contributed by atoms with Gasteiger partial charge in [-0.25, -0.2) is 0 Å². The molecule has 0 unspecified atom stereocenters. The highest BCUT2D eigenvalue weighted by Crippen LogP contribution is 2.42. The van der Waals surface area contributed by atoms with Gasteiger partial charge in [-0.15, -0.1) is 0 Å². The summed E-state index contributed by atoms with van der Waals surface area (Å²) in [6, 6.07) is 7.74. The van der Waals surface area contributed by atoms with Gasteiger partial charge in [-0.3, -0.25) is 0 Å². The number of hydrogen-bond donors (Lipinski definition) is 2. The number of phenolic OH excluding ortho intramolecular Hbond substituents is 2. The van der Waals surface area contributed by atoms with Crippen LogP contribution in [0.15, 0.2) is 46.2 Å². The topological polar surface area (TPSA) is 40.5 Å². The molecule has 120 valence electrons. The molecule has 2 nitrogen and oxygen atoms in total. The number of benzene rings is 2. The van der Waals surface area contributed by atoms with Gasteiger partial charge in [0.2, 0.25) is 0 Å². The molecule has 0 saturated carbocycles. The van der Waals surface area contributed by atoms with Gasteiger partial charge >= 0.3 is 0 Å². The van der Waals surface area contributed by atoms with Crippen molar-refractivity contribution in [3.05, 3.63) is 58.7 Å². The molecule has 0 saturated heterocycles. The summed E-state index contributed by atoms with van der Waals surface area (Å²) in [7, 11) is 0. The predicted octanol–water partition coefficient (Wildman–Crippen LogP) is 5.93. The van der Waals surface area contributed by atoms with Crippen molar-refractivity contribution in [1.82, 2.24) is 0 Å². The maximum absolute atomic E-state index is 10.4. The summed E-state index contributed by atoms with van der Waals surface area (Å²) in [5, 5.41) is 20.8. The Balaban J connectivity index is 2.40. The Bertz CT molecular complexity index is 708. The molecule has 0 atom stereocenters. The largest absolute Gasteiger partial charge is 0.506 e. The third kappa shape index (κ3) is 3.62. The van der Waals surface area contributed by atoms with E-state index in [2.05, 4.69) is 0 Å². The van der Waals surface area contributed by atoms with Crippen LogP contribution >= 0.6 is 11.8 Å². The van der Waals surface area contributed by atoms with Crippen LogP contribution < -0.4 is 0 Å². The van der Waals surface area contributed by atoms with Gasteiger partial charge in [0, 0.05) is 0 Å². The van der Waals surface area contributed by atoms with Gasteiger partial charge in [0.25, 0.3) is 0 Å². The van der Waals surface area contributed by atoms with Crippen LogP contribution in [0.25, 0.3) is 12.2 Å². The molecule has 0 aliphatic carbocycles. The van der Waals surface area contributed by atoms with Crippen molar-refractivity contribution < 1.29 is 10.2 Å². The van der Waals surface area contributed by atoms with E-state index >= 15 is 0 Å². The lowest BCUT2D eigenvalue weighted by Gasteiger charge is -2.12. The number of aromatic hydroxyl groups is 2. The van der Waals surface area contributed by atoms with Crippen molar-refractivity contribution in [3.8, 4) is 11.5 Å². The van der Waals surface area contributed by atoms with Gasteiger partial charge in [-0.2, -0.15) is 0 Å². The van der Waals surface area contributed by atoms with Crippen LogP contribution in [-0.4, -0.2) is 10.2 Å². The molecule has 2 rings (SSSR count). The molecule has 0 fully saturated rings. The van der Waals surface area contributed by atoms with Crippen LogP contribution in [0.1, 0.15) is 36.1 Å². The summed E-state index contributed by atoms with van der Waals surface area (Å²) < 4.78 is 0. The Hall–Kier alpha value is -2.13. The molecule has 0 spiro atoms. The summed E-state index contributed by atoms with van der Waals surface area (Å²) in [5.74, 6) is 0.528. The SMILES string of the molecule is CC=Cc1ccc(Sc2ccc(C=CC)c(C)c2O)c(O)c1C. The van der Waals surface area contributed by atoms with E-state index in [-0.39, 0.29) is 11.5 Å². The smallest absolute Gasteiger partial charge is 0.132 e. The van der Waals surface area contributed by atoms with E-state index in [4.69, 9.17) is 0 Å². The van der Waals surface area contributed by atoms with E-state index in [1.54, 1.807) is 0 Å². The van der Waals surface area contributed by atoms with Gasteiger partial charge in [-0.05, 0) is 62.1 Å². The van der Waals surface area contributed by atoms with Crippen LogP contribution in [-0.2, 0) is 0 Å². The zero-order valence-corrected chi connectivity index (χ0v) is 14.7. The zero-order valence-electron chi connectivity index (χ0n) is 13.9. The van der Waals surface area contributed by atoms with E-state index in [0.717, 1.165) is 32.0 Å². The number of allylic oxidation sites excluding steroid dienone is 2. The molecular formula is C20H22O2S. The van der Waals surface area contributed by atoms with Crippen LogP contribution in [0.2, 0.25) is 0 Å². The van der Waals surface area contributed by atoms with Crippen molar-refractivity contribution in [3.63, 3.8) is 0 Å². The quantitative estimate of drug-likeness (QED) is 0.731. The van der Waals surface area contributed by atoms with Crippen molar-refractivity contribution >= 4 is 23.9 Å². The normalized spacial score (nSPS) is 11.7. The summed E-state index contributed by atoms with van der Waals surface area (Å²) in [6.45, 7) is 7.70. The van der Waals surface area contributed by atoms with E-state index in [0.29, 0.717) is 0 Å². The van der Waals surface area contributed by atoms with Gasteiger partial charge in [-0.1, -0.05) is 48.2 Å². The summed E-state index contributed by atoms with van der Waals surface area (Å²) >= 11 is 1.37. The Morgan fingerprint density at radius 1 is 0.739 bits per heavy atom. The van der Waals surface area contributed by atoms with Gasteiger partial charge in [0.05, 0.1) is 9.79 Å². The van der Waals surface area contributed by atoms with Gasteiger partial charge in [0.1, 0.15) is 11.5 Å². The molecule has 2 N–H and O–H groups in total. The fraction of sp³-hybridized carbons (Fsp3) is 0.200. The van der Waals surface area contributed by atoms with E-state index in [9.17, 15) is 10.2 Å². The maximum atomic E-state index is 10.4. The number of hydrogen-bond acceptors (Lipinski definition) is 3. The molecule has 0 heterocycles. The highest BCUT2D eigenvalue weighted by atomic mass is 32.2. The van der Waals surface area contributed by atoms with Crippen molar-refractivity contribution in [1.29, 1.82) is 0 Å². The van der Waals surface area contributed by atoms with Crippen molar-refractivity contribution in [2.75, 3.05) is 0 Å².